The molecule has 0 aliphatic heterocycles. The Labute approximate surface area is 128 Å². The largest absolute Gasteiger partial charge is 0.374 e. The van der Waals surface area contributed by atoms with E-state index in [0.29, 0.717) is 5.41 Å². The van der Waals surface area contributed by atoms with Gasteiger partial charge in [-0.1, -0.05) is 49.5 Å². The van der Waals surface area contributed by atoms with Gasteiger partial charge in [-0.2, -0.15) is 0 Å². The molecule has 2 rings (SSSR count). The van der Waals surface area contributed by atoms with E-state index >= 15 is 0 Å². The highest BCUT2D eigenvalue weighted by atomic mass is 79.9. The van der Waals surface area contributed by atoms with E-state index in [1.165, 1.54) is 51.4 Å². The molecule has 0 amide bonds. The Hall–Kier alpha value is 0.440. The number of hydrogen-bond donors (Lipinski definition) is 0. The van der Waals surface area contributed by atoms with Gasteiger partial charge in [-0.05, 0) is 55.8 Å². The fourth-order valence-electron chi connectivity index (χ4n) is 3.80. The zero-order valence-corrected chi connectivity index (χ0v) is 14.6. The summed E-state index contributed by atoms with van der Waals surface area (Å²) in [4.78, 5) is 0. The summed E-state index contributed by atoms with van der Waals surface area (Å²) in [6, 6.07) is 0. The van der Waals surface area contributed by atoms with Gasteiger partial charge in [0.25, 0.3) is 0 Å². The lowest BCUT2D eigenvalue weighted by Gasteiger charge is -2.43. The molecule has 2 heteroatoms. The molecule has 0 spiro atoms. The SMILES string of the molecule is CC(C)(C)C1CCC(CBr)(OCC2CCCC2)CC1. The van der Waals surface area contributed by atoms with Crippen LogP contribution in [-0.4, -0.2) is 17.5 Å². The average molecular weight is 331 g/mol. The van der Waals surface area contributed by atoms with Gasteiger partial charge >= 0.3 is 0 Å². The van der Waals surface area contributed by atoms with Gasteiger partial charge in [0.2, 0.25) is 0 Å². The Morgan fingerprint density at radius 1 is 1.05 bits per heavy atom. The summed E-state index contributed by atoms with van der Waals surface area (Å²) < 4.78 is 6.42. The predicted molar refractivity (Wildman–Crippen MR) is 85.8 cm³/mol. The van der Waals surface area contributed by atoms with Crippen LogP contribution in [0.25, 0.3) is 0 Å². The minimum Gasteiger partial charge on any atom is -0.374 e. The summed E-state index contributed by atoms with van der Waals surface area (Å²) in [6.07, 6.45) is 10.8. The van der Waals surface area contributed by atoms with Gasteiger partial charge in [0.1, 0.15) is 0 Å². The molecule has 1 nitrogen and oxygen atoms in total. The zero-order chi connectivity index (χ0) is 13.9. The van der Waals surface area contributed by atoms with E-state index in [1.54, 1.807) is 0 Å². The summed E-state index contributed by atoms with van der Waals surface area (Å²) in [7, 11) is 0. The van der Waals surface area contributed by atoms with Gasteiger partial charge in [-0.3, -0.25) is 0 Å². The highest BCUT2D eigenvalue weighted by Crippen LogP contribution is 2.44. The van der Waals surface area contributed by atoms with Crippen molar-refractivity contribution in [3.63, 3.8) is 0 Å². The highest BCUT2D eigenvalue weighted by Gasteiger charge is 2.39. The third kappa shape index (κ3) is 4.20. The topological polar surface area (TPSA) is 9.23 Å². The van der Waals surface area contributed by atoms with Crippen LogP contribution in [0, 0.1) is 17.3 Å². The highest BCUT2D eigenvalue weighted by molar-refractivity contribution is 9.09. The maximum Gasteiger partial charge on any atom is 0.0779 e. The number of rotatable bonds is 4. The van der Waals surface area contributed by atoms with E-state index in [0.717, 1.165) is 23.8 Å². The molecule has 2 aliphatic rings. The summed E-state index contributed by atoms with van der Waals surface area (Å²) in [5.41, 5.74) is 0.605. The number of hydrogen-bond acceptors (Lipinski definition) is 1. The fraction of sp³-hybridized carbons (Fsp3) is 1.00. The first-order chi connectivity index (χ1) is 8.95. The maximum atomic E-state index is 6.42. The first-order valence-corrected chi connectivity index (χ1v) is 9.27. The first kappa shape index (κ1) is 15.8. The lowest BCUT2D eigenvalue weighted by atomic mass is 9.69. The zero-order valence-electron chi connectivity index (χ0n) is 13.0. The minimum atomic E-state index is 0.143. The van der Waals surface area contributed by atoms with E-state index < -0.39 is 0 Å². The molecule has 0 aromatic heterocycles. The third-order valence-electron chi connectivity index (χ3n) is 5.47. The van der Waals surface area contributed by atoms with Crippen LogP contribution in [0.4, 0.5) is 0 Å². The molecule has 0 heterocycles. The van der Waals surface area contributed by atoms with Crippen molar-refractivity contribution in [3.8, 4) is 0 Å². The van der Waals surface area contributed by atoms with E-state index in [-0.39, 0.29) is 5.60 Å². The van der Waals surface area contributed by atoms with Gasteiger partial charge in [0.05, 0.1) is 12.2 Å². The summed E-state index contributed by atoms with van der Waals surface area (Å²) >= 11 is 3.72. The normalized spacial score (nSPS) is 33.8. The monoisotopic (exact) mass is 330 g/mol. The molecule has 112 valence electrons. The Balaban J connectivity index is 1.83. The molecule has 0 bridgehead atoms. The molecule has 2 aliphatic carbocycles. The van der Waals surface area contributed by atoms with Crippen LogP contribution in [0.3, 0.4) is 0 Å². The Morgan fingerprint density at radius 2 is 1.63 bits per heavy atom. The molecule has 0 unspecified atom stereocenters. The fourth-order valence-corrected chi connectivity index (χ4v) is 4.52. The molecular weight excluding hydrogens is 300 g/mol. The van der Waals surface area contributed by atoms with Crippen LogP contribution in [0.2, 0.25) is 0 Å². The van der Waals surface area contributed by atoms with Gasteiger partial charge in [-0.15, -0.1) is 0 Å². The van der Waals surface area contributed by atoms with E-state index in [1.807, 2.05) is 0 Å². The lowest BCUT2D eigenvalue weighted by Crippen LogP contribution is -2.42. The second-order valence-electron chi connectivity index (χ2n) is 7.92. The lowest BCUT2D eigenvalue weighted by molar-refractivity contribution is -0.0805. The molecule has 19 heavy (non-hydrogen) atoms. The molecule has 0 aromatic rings. The van der Waals surface area contributed by atoms with Crippen LogP contribution in [-0.2, 0) is 4.74 Å². The second kappa shape index (κ2) is 6.47. The van der Waals surface area contributed by atoms with Crippen LogP contribution >= 0.6 is 15.9 Å². The van der Waals surface area contributed by atoms with Crippen molar-refractivity contribution in [2.45, 2.75) is 77.7 Å². The Bertz CT molecular complexity index is 267. The van der Waals surface area contributed by atoms with Crippen LogP contribution in [0.1, 0.15) is 72.1 Å². The van der Waals surface area contributed by atoms with Crippen molar-refractivity contribution in [3.05, 3.63) is 0 Å². The van der Waals surface area contributed by atoms with E-state index in [9.17, 15) is 0 Å². The predicted octanol–water partition coefficient (Wildman–Crippen LogP) is 5.56. The van der Waals surface area contributed by atoms with Crippen molar-refractivity contribution in [2.24, 2.45) is 17.3 Å². The molecule has 0 radical (unpaired) electrons. The number of halogens is 1. The van der Waals surface area contributed by atoms with Crippen LogP contribution in [0.5, 0.6) is 0 Å². The quantitative estimate of drug-likeness (QED) is 0.613. The number of alkyl halides is 1. The van der Waals surface area contributed by atoms with Crippen molar-refractivity contribution < 1.29 is 4.74 Å². The van der Waals surface area contributed by atoms with Crippen molar-refractivity contribution in [1.29, 1.82) is 0 Å². The summed E-state index contributed by atoms with van der Waals surface area (Å²) in [6.45, 7) is 8.17. The third-order valence-corrected chi connectivity index (χ3v) is 6.49. The van der Waals surface area contributed by atoms with E-state index in [4.69, 9.17) is 4.74 Å². The van der Waals surface area contributed by atoms with E-state index in [2.05, 4.69) is 36.7 Å². The van der Waals surface area contributed by atoms with Crippen molar-refractivity contribution in [2.75, 3.05) is 11.9 Å². The van der Waals surface area contributed by atoms with Crippen LogP contribution < -0.4 is 0 Å². The van der Waals surface area contributed by atoms with Gasteiger partial charge < -0.3 is 4.74 Å². The molecule has 0 aromatic carbocycles. The van der Waals surface area contributed by atoms with Crippen LogP contribution in [0.15, 0.2) is 0 Å². The van der Waals surface area contributed by atoms with Gasteiger partial charge in [0.15, 0.2) is 0 Å². The molecular formula is C17H31BrO. The molecule has 0 atom stereocenters. The molecule has 0 N–H and O–H groups in total. The number of ether oxygens (including phenoxy) is 1. The van der Waals surface area contributed by atoms with Gasteiger partial charge in [-0.25, -0.2) is 0 Å². The molecule has 2 saturated carbocycles. The Morgan fingerprint density at radius 3 is 2.11 bits per heavy atom. The van der Waals surface area contributed by atoms with Gasteiger partial charge in [0, 0.05) is 5.33 Å². The standard InChI is InChI=1S/C17H31BrO/c1-16(2,3)15-8-10-17(13-18,11-9-15)19-12-14-6-4-5-7-14/h14-15H,4-13H2,1-3H3. The Kier molecular flexibility index (Phi) is 5.39. The van der Waals surface area contributed by atoms with Crippen molar-refractivity contribution in [1.82, 2.24) is 0 Å². The maximum absolute atomic E-state index is 6.42. The van der Waals surface area contributed by atoms with Crippen molar-refractivity contribution >= 4 is 15.9 Å². The summed E-state index contributed by atoms with van der Waals surface area (Å²) in [5.74, 6) is 1.71. The molecule has 0 saturated heterocycles. The average Bonchev–Trinajstić information content (AvgIpc) is 2.89. The first-order valence-electron chi connectivity index (χ1n) is 8.15. The minimum absolute atomic E-state index is 0.143. The smallest absolute Gasteiger partial charge is 0.0779 e. The summed E-state index contributed by atoms with van der Waals surface area (Å²) in [5, 5.41) is 1.02. The second-order valence-corrected chi connectivity index (χ2v) is 8.48. The molecule has 2 fully saturated rings.